The van der Waals surface area contributed by atoms with Gasteiger partial charge in [0.15, 0.2) is 0 Å². The second kappa shape index (κ2) is 8.95. The molecule has 4 N–H and O–H groups in total. The van der Waals surface area contributed by atoms with Crippen molar-refractivity contribution in [3.63, 3.8) is 0 Å². The van der Waals surface area contributed by atoms with Crippen LogP contribution in [-0.2, 0) is 14.8 Å². The van der Waals surface area contributed by atoms with Crippen molar-refractivity contribution in [2.45, 2.75) is 17.2 Å². The van der Waals surface area contributed by atoms with Crippen molar-refractivity contribution < 1.29 is 22.0 Å². The molecule has 2 aromatic carbocycles. The molecular formula is C18H20ClF2N3O3S. The second-order valence-electron chi connectivity index (χ2n) is 6.32. The third-order valence-electron chi connectivity index (χ3n) is 4.33. The van der Waals surface area contributed by atoms with E-state index < -0.39 is 27.6 Å². The molecule has 2 unspecified atom stereocenters. The molecule has 0 bridgehead atoms. The molecular weight excluding hydrogens is 412 g/mol. The molecule has 1 amide bonds. The molecule has 0 aliphatic heterocycles. The predicted octanol–water partition coefficient (Wildman–Crippen LogP) is 2.37. The average molecular weight is 432 g/mol. The lowest BCUT2D eigenvalue weighted by atomic mass is 10.1. The molecule has 1 saturated carbocycles. The van der Waals surface area contributed by atoms with Gasteiger partial charge in [0.1, 0.15) is 11.6 Å². The van der Waals surface area contributed by atoms with Gasteiger partial charge in [0.2, 0.25) is 15.9 Å². The van der Waals surface area contributed by atoms with Crippen LogP contribution in [0.15, 0.2) is 47.4 Å². The Morgan fingerprint density at radius 2 is 1.93 bits per heavy atom. The van der Waals surface area contributed by atoms with Crippen molar-refractivity contribution in [1.29, 1.82) is 0 Å². The Hall–Kier alpha value is -2.07. The Bertz CT molecular complexity index is 972. The molecule has 1 fully saturated rings. The quantitative estimate of drug-likeness (QED) is 0.626. The first-order valence-electron chi connectivity index (χ1n) is 8.37. The third-order valence-corrected chi connectivity index (χ3v) is 5.79. The van der Waals surface area contributed by atoms with Crippen LogP contribution < -0.4 is 15.8 Å². The fraction of sp³-hybridized carbons (Fsp3) is 0.278. The molecule has 152 valence electrons. The molecule has 2 aromatic rings. The summed E-state index contributed by atoms with van der Waals surface area (Å²) in [6.45, 7) is 0.261. The summed E-state index contributed by atoms with van der Waals surface area (Å²) >= 11 is 0. The molecule has 3 rings (SSSR count). The zero-order valence-corrected chi connectivity index (χ0v) is 16.3. The Labute approximate surface area is 168 Å². The number of halogens is 3. The monoisotopic (exact) mass is 431 g/mol. The van der Waals surface area contributed by atoms with Crippen LogP contribution in [0.25, 0.3) is 0 Å². The van der Waals surface area contributed by atoms with Gasteiger partial charge in [-0.2, -0.15) is 0 Å². The first-order valence-corrected chi connectivity index (χ1v) is 9.86. The SMILES string of the molecule is Cl.NCCNS(=O)(=O)c1cccc(NC(=O)C2CC2c2cc(F)ccc2F)c1. The zero-order valence-electron chi connectivity index (χ0n) is 14.7. The van der Waals surface area contributed by atoms with Crippen LogP contribution >= 0.6 is 12.4 Å². The lowest BCUT2D eigenvalue weighted by Gasteiger charge is -2.09. The number of nitrogens with two attached hydrogens (primary N) is 1. The maximum Gasteiger partial charge on any atom is 0.240 e. The number of anilines is 1. The predicted molar refractivity (Wildman–Crippen MR) is 104 cm³/mol. The smallest absolute Gasteiger partial charge is 0.240 e. The first kappa shape index (κ1) is 22.2. The van der Waals surface area contributed by atoms with E-state index in [9.17, 15) is 22.0 Å². The molecule has 0 spiro atoms. The summed E-state index contributed by atoms with van der Waals surface area (Å²) < 4.78 is 53.7. The third kappa shape index (κ3) is 5.05. The standard InChI is InChI=1S/C18H19F2N3O3S.ClH/c19-11-4-5-17(20)15(8-11)14-10-16(14)18(24)23-12-2-1-3-13(9-12)27(25,26)22-7-6-21;/h1-5,8-9,14,16,22H,6-7,10,21H2,(H,23,24);1H. The van der Waals surface area contributed by atoms with Gasteiger partial charge in [-0.25, -0.2) is 21.9 Å². The molecule has 0 aromatic heterocycles. The molecule has 10 heteroatoms. The number of sulfonamides is 1. The number of nitrogens with one attached hydrogen (secondary N) is 2. The van der Waals surface area contributed by atoms with E-state index in [4.69, 9.17) is 5.73 Å². The van der Waals surface area contributed by atoms with Crippen molar-refractivity contribution in [3.05, 3.63) is 59.7 Å². The van der Waals surface area contributed by atoms with Crippen molar-refractivity contribution in [3.8, 4) is 0 Å². The fourth-order valence-corrected chi connectivity index (χ4v) is 3.97. The van der Waals surface area contributed by atoms with Gasteiger partial charge in [0.25, 0.3) is 0 Å². The number of hydrogen-bond donors (Lipinski definition) is 3. The molecule has 6 nitrogen and oxygen atoms in total. The van der Waals surface area contributed by atoms with E-state index in [0.717, 1.165) is 18.2 Å². The summed E-state index contributed by atoms with van der Waals surface area (Å²) in [6, 6.07) is 8.96. The number of benzene rings is 2. The van der Waals surface area contributed by atoms with Crippen LogP contribution in [0.3, 0.4) is 0 Å². The van der Waals surface area contributed by atoms with E-state index in [2.05, 4.69) is 10.0 Å². The summed E-state index contributed by atoms with van der Waals surface area (Å²) in [6.07, 6.45) is 0.405. The number of rotatable bonds is 7. The van der Waals surface area contributed by atoms with Crippen LogP contribution in [0.2, 0.25) is 0 Å². The Morgan fingerprint density at radius 3 is 2.64 bits per heavy atom. The van der Waals surface area contributed by atoms with Gasteiger partial charge in [-0.15, -0.1) is 12.4 Å². The lowest BCUT2D eigenvalue weighted by molar-refractivity contribution is -0.117. The highest BCUT2D eigenvalue weighted by atomic mass is 35.5. The van der Waals surface area contributed by atoms with Gasteiger partial charge in [0.05, 0.1) is 4.90 Å². The van der Waals surface area contributed by atoms with Crippen LogP contribution in [0.5, 0.6) is 0 Å². The van der Waals surface area contributed by atoms with E-state index in [1.54, 1.807) is 6.07 Å². The van der Waals surface area contributed by atoms with Crippen LogP contribution in [0.4, 0.5) is 14.5 Å². The van der Waals surface area contributed by atoms with E-state index in [1.165, 1.54) is 18.2 Å². The molecule has 0 radical (unpaired) electrons. The van der Waals surface area contributed by atoms with Crippen LogP contribution in [0, 0.1) is 17.6 Å². The topological polar surface area (TPSA) is 101 Å². The van der Waals surface area contributed by atoms with E-state index >= 15 is 0 Å². The van der Waals surface area contributed by atoms with Crippen LogP contribution in [-0.4, -0.2) is 27.4 Å². The highest BCUT2D eigenvalue weighted by Gasteiger charge is 2.45. The molecule has 0 saturated heterocycles. The second-order valence-corrected chi connectivity index (χ2v) is 8.09. The summed E-state index contributed by atoms with van der Waals surface area (Å²) in [4.78, 5) is 12.4. The number of carbonyl (C=O) groups is 1. The fourth-order valence-electron chi connectivity index (χ4n) is 2.88. The Balaban J connectivity index is 0.00000280. The number of amides is 1. The largest absolute Gasteiger partial charge is 0.329 e. The minimum Gasteiger partial charge on any atom is -0.329 e. The van der Waals surface area contributed by atoms with Crippen molar-refractivity contribution >= 4 is 34.0 Å². The minimum absolute atomic E-state index is 0. The van der Waals surface area contributed by atoms with Gasteiger partial charge in [0, 0.05) is 24.7 Å². The van der Waals surface area contributed by atoms with Crippen LogP contribution in [0.1, 0.15) is 17.9 Å². The Kier molecular flexibility index (Phi) is 7.11. The zero-order chi connectivity index (χ0) is 19.6. The summed E-state index contributed by atoms with van der Waals surface area (Å²) in [5.74, 6) is -2.35. The van der Waals surface area contributed by atoms with Gasteiger partial charge in [-0.05, 0) is 54.3 Å². The molecule has 28 heavy (non-hydrogen) atoms. The first-order chi connectivity index (χ1) is 12.8. The molecule has 1 aliphatic rings. The van der Waals surface area contributed by atoms with Gasteiger partial charge in [-0.3, -0.25) is 4.79 Å². The maximum absolute atomic E-state index is 13.8. The summed E-state index contributed by atoms with van der Waals surface area (Å²) in [5.41, 5.74) is 5.78. The van der Waals surface area contributed by atoms with Gasteiger partial charge >= 0.3 is 0 Å². The van der Waals surface area contributed by atoms with E-state index in [-0.39, 0.29) is 47.8 Å². The highest BCUT2D eigenvalue weighted by molar-refractivity contribution is 7.89. The average Bonchev–Trinajstić information content (AvgIpc) is 3.43. The summed E-state index contributed by atoms with van der Waals surface area (Å²) in [5, 5.41) is 2.63. The van der Waals surface area contributed by atoms with Crippen molar-refractivity contribution in [2.24, 2.45) is 11.7 Å². The number of carbonyl (C=O) groups excluding carboxylic acids is 1. The van der Waals surface area contributed by atoms with E-state index in [1.807, 2.05) is 0 Å². The normalized spacial score (nSPS) is 18.2. The highest BCUT2D eigenvalue weighted by Crippen LogP contribution is 2.49. The molecule has 0 heterocycles. The van der Waals surface area contributed by atoms with E-state index in [0.29, 0.717) is 12.1 Å². The summed E-state index contributed by atoms with van der Waals surface area (Å²) in [7, 11) is -3.72. The molecule has 2 atom stereocenters. The minimum atomic E-state index is -3.72. The van der Waals surface area contributed by atoms with Gasteiger partial charge in [-0.1, -0.05) is 6.07 Å². The van der Waals surface area contributed by atoms with Crippen molar-refractivity contribution in [2.75, 3.05) is 18.4 Å². The molecule has 1 aliphatic carbocycles. The van der Waals surface area contributed by atoms with Crippen molar-refractivity contribution in [1.82, 2.24) is 4.72 Å². The van der Waals surface area contributed by atoms with Gasteiger partial charge < -0.3 is 11.1 Å². The Morgan fingerprint density at radius 1 is 1.18 bits per heavy atom. The maximum atomic E-state index is 13.8. The number of hydrogen-bond acceptors (Lipinski definition) is 4. The lowest BCUT2D eigenvalue weighted by Crippen LogP contribution is -2.29.